The van der Waals surface area contributed by atoms with Crippen molar-refractivity contribution in [3.63, 3.8) is 0 Å². The van der Waals surface area contributed by atoms with E-state index in [0.29, 0.717) is 17.9 Å². The summed E-state index contributed by atoms with van der Waals surface area (Å²) in [5.74, 6) is 0.256. The normalized spacial score (nSPS) is 15.8. The van der Waals surface area contributed by atoms with E-state index in [0.717, 1.165) is 42.6 Å². The van der Waals surface area contributed by atoms with Crippen molar-refractivity contribution in [3.05, 3.63) is 54.5 Å². The van der Waals surface area contributed by atoms with Crippen molar-refractivity contribution in [2.45, 2.75) is 6.42 Å². The Balaban J connectivity index is 1.49. The molecule has 1 saturated heterocycles. The van der Waals surface area contributed by atoms with Crippen LogP contribution in [0.1, 0.15) is 5.82 Å². The summed E-state index contributed by atoms with van der Waals surface area (Å²) in [7, 11) is 2.09. The van der Waals surface area contributed by atoms with E-state index in [1.807, 2.05) is 18.2 Å². The van der Waals surface area contributed by atoms with Gasteiger partial charge in [0, 0.05) is 49.5 Å². The summed E-state index contributed by atoms with van der Waals surface area (Å²) in [5.41, 5.74) is 2.25. The van der Waals surface area contributed by atoms with Crippen LogP contribution in [0, 0.1) is 5.82 Å². The first-order valence-corrected chi connectivity index (χ1v) is 9.36. The number of nitrogens with zero attached hydrogens (tertiary/aromatic N) is 5. The molecule has 28 heavy (non-hydrogen) atoms. The molecule has 0 aliphatic carbocycles. The van der Waals surface area contributed by atoms with Crippen molar-refractivity contribution in [1.29, 1.82) is 0 Å². The summed E-state index contributed by atoms with van der Waals surface area (Å²) in [4.78, 5) is 29.7. The number of halogens is 1. The number of piperazine rings is 1. The average Bonchev–Trinajstić information content (AvgIpc) is 2.69. The Labute approximate surface area is 163 Å². The molecule has 0 unspecified atom stereocenters. The van der Waals surface area contributed by atoms with E-state index in [4.69, 9.17) is 0 Å². The van der Waals surface area contributed by atoms with Gasteiger partial charge in [-0.05, 0) is 24.7 Å². The number of carbonyl (C=O) groups excluding carboxylic acids is 1. The molecule has 0 saturated carbocycles. The van der Waals surface area contributed by atoms with Gasteiger partial charge in [-0.15, -0.1) is 0 Å². The van der Waals surface area contributed by atoms with Crippen LogP contribution in [-0.4, -0.2) is 70.3 Å². The first-order chi connectivity index (χ1) is 13.6. The van der Waals surface area contributed by atoms with Gasteiger partial charge in [0.25, 0.3) is 0 Å². The minimum atomic E-state index is -0.379. The van der Waals surface area contributed by atoms with Crippen LogP contribution in [0.5, 0.6) is 0 Å². The largest absolute Gasteiger partial charge is 0.304 e. The van der Waals surface area contributed by atoms with Gasteiger partial charge in [-0.3, -0.25) is 14.7 Å². The fourth-order valence-corrected chi connectivity index (χ4v) is 3.38. The molecular weight excluding hydrogens is 357 g/mol. The highest BCUT2D eigenvalue weighted by molar-refractivity contribution is 5.85. The molecule has 0 atom stereocenters. The SMILES string of the molecule is CN1CCN(CC(=O)Cc2ncc3ccc(-c4cncc(F)c4)cc3n2)CC1. The molecule has 1 aliphatic rings. The Kier molecular flexibility index (Phi) is 5.36. The fraction of sp³-hybridized carbons (Fsp3) is 0.333. The molecule has 0 N–H and O–H groups in total. The van der Waals surface area contributed by atoms with Gasteiger partial charge in [-0.2, -0.15) is 0 Å². The number of Topliss-reactive ketones (excluding diaryl/α,β-unsaturated/α-hetero) is 1. The lowest BCUT2D eigenvalue weighted by molar-refractivity contribution is -0.120. The van der Waals surface area contributed by atoms with E-state index in [-0.39, 0.29) is 18.0 Å². The molecule has 144 valence electrons. The van der Waals surface area contributed by atoms with Gasteiger partial charge < -0.3 is 4.90 Å². The predicted octanol–water partition coefficient (Wildman–Crippen LogP) is 2.19. The number of ketones is 1. The lowest BCUT2D eigenvalue weighted by atomic mass is 10.1. The van der Waals surface area contributed by atoms with Gasteiger partial charge in [-0.25, -0.2) is 14.4 Å². The number of rotatable bonds is 5. The number of benzene rings is 1. The van der Waals surface area contributed by atoms with Gasteiger partial charge in [0.2, 0.25) is 0 Å². The Morgan fingerprint density at radius 1 is 1.07 bits per heavy atom. The quantitative estimate of drug-likeness (QED) is 0.677. The molecule has 7 heteroatoms. The molecule has 2 aromatic heterocycles. The van der Waals surface area contributed by atoms with Crippen molar-refractivity contribution in [1.82, 2.24) is 24.8 Å². The molecular formula is C21H22FN5O. The third-order valence-electron chi connectivity index (χ3n) is 5.02. The fourth-order valence-electron chi connectivity index (χ4n) is 3.38. The number of hydrogen-bond donors (Lipinski definition) is 0. The second-order valence-electron chi connectivity index (χ2n) is 7.25. The molecule has 1 aliphatic heterocycles. The van der Waals surface area contributed by atoms with Crippen LogP contribution >= 0.6 is 0 Å². The number of fused-ring (bicyclic) bond motifs is 1. The van der Waals surface area contributed by atoms with Crippen LogP contribution in [0.2, 0.25) is 0 Å². The standard InChI is InChI=1S/C21H22FN5O/c1-26-4-6-27(7-5-26)14-19(28)10-21-24-12-16-3-2-15(9-20(16)25-21)17-8-18(22)13-23-11-17/h2-3,8-9,11-13H,4-7,10,14H2,1H3. The molecule has 0 amide bonds. The highest BCUT2D eigenvalue weighted by Gasteiger charge is 2.17. The van der Waals surface area contributed by atoms with E-state index in [2.05, 4.69) is 31.8 Å². The first-order valence-electron chi connectivity index (χ1n) is 9.36. The minimum Gasteiger partial charge on any atom is -0.304 e. The van der Waals surface area contributed by atoms with E-state index < -0.39 is 0 Å². The van der Waals surface area contributed by atoms with Crippen molar-refractivity contribution in [3.8, 4) is 11.1 Å². The summed E-state index contributed by atoms with van der Waals surface area (Å²) < 4.78 is 13.5. The van der Waals surface area contributed by atoms with Gasteiger partial charge in [0.1, 0.15) is 11.6 Å². The molecule has 1 fully saturated rings. The van der Waals surface area contributed by atoms with Crippen LogP contribution in [0.4, 0.5) is 4.39 Å². The zero-order valence-electron chi connectivity index (χ0n) is 15.8. The Morgan fingerprint density at radius 2 is 1.89 bits per heavy atom. The Bertz CT molecular complexity index is 1000. The van der Waals surface area contributed by atoms with E-state index >= 15 is 0 Å². The second-order valence-corrected chi connectivity index (χ2v) is 7.25. The predicted molar refractivity (Wildman–Crippen MR) is 105 cm³/mol. The molecule has 3 heterocycles. The number of pyridine rings is 1. The van der Waals surface area contributed by atoms with Crippen molar-refractivity contribution in [2.75, 3.05) is 39.8 Å². The molecule has 4 rings (SSSR count). The highest BCUT2D eigenvalue weighted by atomic mass is 19.1. The van der Waals surface area contributed by atoms with Crippen LogP contribution < -0.4 is 0 Å². The Morgan fingerprint density at radius 3 is 2.68 bits per heavy atom. The monoisotopic (exact) mass is 379 g/mol. The number of aromatic nitrogens is 3. The number of carbonyl (C=O) groups is 1. The van der Waals surface area contributed by atoms with E-state index in [9.17, 15) is 9.18 Å². The molecule has 0 spiro atoms. The third-order valence-corrected chi connectivity index (χ3v) is 5.02. The number of hydrogen-bond acceptors (Lipinski definition) is 6. The molecule has 0 radical (unpaired) electrons. The average molecular weight is 379 g/mol. The molecule has 6 nitrogen and oxygen atoms in total. The third kappa shape index (κ3) is 4.37. The summed E-state index contributed by atoms with van der Waals surface area (Å²) in [6.07, 6.45) is 4.74. The molecule has 0 bridgehead atoms. The van der Waals surface area contributed by atoms with Crippen molar-refractivity contribution >= 4 is 16.7 Å². The lowest BCUT2D eigenvalue weighted by Gasteiger charge is -2.31. The zero-order chi connectivity index (χ0) is 19.5. The van der Waals surface area contributed by atoms with Crippen LogP contribution in [0.15, 0.2) is 42.9 Å². The van der Waals surface area contributed by atoms with E-state index in [1.165, 1.54) is 12.3 Å². The van der Waals surface area contributed by atoms with Gasteiger partial charge in [0.15, 0.2) is 5.78 Å². The maximum atomic E-state index is 13.5. The van der Waals surface area contributed by atoms with Crippen LogP contribution in [0.25, 0.3) is 22.0 Å². The van der Waals surface area contributed by atoms with Gasteiger partial charge >= 0.3 is 0 Å². The van der Waals surface area contributed by atoms with Gasteiger partial charge in [-0.1, -0.05) is 12.1 Å². The van der Waals surface area contributed by atoms with Crippen LogP contribution in [-0.2, 0) is 11.2 Å². The van der Waals surface area contributed by atoms with Crippen molar-refractivity contribution in [2.24, 2.45) is 0 Å². The summed E-state index contributed by atoms with van der Waals surface area (Å²) >= 11 is 0. The van der Waals surface area contributed by atoms with Crippen molar-refractivity contribution < 1.29 is 9.18 Å². The lowest BCUT2D eigenvalue weighted by Crippen LogP contribution is -2.46. The maximum absolute atomic E-state index is 13.5. The minimum absolute atomic E-state index is 0.120. The van der Waals surface area contributed by atoms with E-state index in [1.54, 1.807) is 12.4 Å². The van der Waals surface area contributed by atoms with Crippen LogP contribution in [0.3, 0.4) is 0 Å². The smallest absolute Gasteiger partial charge is 0.154 e. The maximum Gasteiger partial charge on any atom is 0.154 e. The molecule has 1 aromatic carbocycles. The number of likely N-dealkylation sites (N-methyl/N-ethyl adjacent to an activating group) is 1. The topological polar surface area (TPSA) is 62.2 Å². The second kappa shape index (κ2) is 8.08. The summed E-state index contributed by atoms with van der Waals surface area (Å²) in [6, 6.07) is 7.10. The van der Waals surface area contributed by atoms with Gasteiger partial charge in [0.05, 0.1) is 24.7 Å². The summed E-state index contributed by atoms with van der Waals surface area (Å²) in [5, 5.41) is 0.878. The highest BCUT2D eigenvalue weighted by Crippen LogP contribution is 2.23. The zero-order valence-corrected chi connectivity index (χ0v) is 15.8. The Hall–Kier alpha value is -2.77. The summed E-state index contributed by atoms with van der Waals surface area (Å²) in [6.45, 7) is 4.22. The first kappa shape index (κ1) is 18.6. The molecule has 3 aromatic rings.